The van der Waals surface area contributed by atoms with Crippen LogP contribution < -0.4 is 4.90 Å². The average Bonchev–Trinajstić information content (AvgIpc) is 2.97. The number of aliphatic imine (C=N–C) groups is 1. The molecule has 0 saturated carbocycles. The minimum atomic E-state index is -4.35. The molecule has 0 fully saturated rings. The third-order valence-corrected chi connectivity index (χ3v) is 8.75. The van der Waals surface area contributed by atoms with Gasteiger partial charge in [0.1, 0.15) is 6.29 Å². The largest absolute Gasteiger partial charge is 0.304 e. The monoisotopic (exact) mass is 734 g/mol. The number of aldehydes is 1. The van der Waals surface area contributed by atoms with Crippen molar-refractivity contribution in [3.05, 3.63) is 126 Å². The summed E-state index contributed by atoms with van der Waals surface area (Å²) in [5.74, 6) is 0. The van der Waals surface area contributed by atoms with Crippen molar-refractivity contribution in [2.24, 2.45) is 4.99 Å². The topological polar surface area (TPSA) is 35.9 Å². The molecule has 4 nitrogen and oxygen atoms in total. The van der Waals surface area contributed by atoms with Crippen LogP contribution in [0.3, 0.4) is 0 Å². The van der Waals surface area contributed by atoms with E-state index < -0.39 is 11.7 Å². The summed E-state index contributed by atoms with van der Waals surface area (Å²) >= 11 is 0.219. The SMILES string of the molecule is C=C.C=C1C2=C(CN(c3cccc(C(F)(F)F)c3)CC2)N=[C]([Hg])N1C(C1=CC=CCC1)c1ccccc1.CC=O. The van der Waals surface area contributed by atoms with E-state index in [9.17, 15) is 13.2 Å². The van der Waals surface area contributed by atoms with Crippen molar-refractivity contribution in [1.29, 1.82) is 0 Å². The van der Waals surface area contributed by atoms with E-state index >= 15 is 0 Å². The van der Waals surface area contributed by atoms with Gasteiger partial charge in [0.25, 0.3) is 0 Å². The standard InChI is InChI=1S/C28H25F3N3.C2H4O.C2H4.Hg/c1-20-25-15-16-33(24-14-8-13-23(17-24)28(29,30)31)18-26(25)32-19-34(20)27(21-9-4-2-5-10-21)22-11-6-3-7-12-22;1-2-3;1-2;/h2-6,8-11,13-14,17,27H,1,7,12,15-16,18H2;2H,1H3;1-2H2;. The van der Waals surface area contributed by atoms with Gasteiger partial charge in [-0.1, -0.05) is 0 Å². The molecule has 2 aromatic carbocycles. The summed E-state index contributed by atoms with van der Waals surface area (Å²) < 4.78 is 40.8. The zero-order chi connectivity index (χ0) is 29.3. The molecule has 0 N–H and O–H groups in total. The molecule has 1 atom stereocenters. The van der Waals surface area contributed by atoms with Crippen molar-refractivity contribution in [1.82, 2.24) is 4.90 Å². The zero-order valence-corrected chi connectivity index (χ0v) is 28.3. The van der Waals surface area contributed by atoms with Gasteiger partial charge >= 0.3 is 221 Å². The van der Waals surface area contributed by atoms with E-state index in [1.165, 1.54) is 30.2 Å². The maximum Gasteiger partial charge on any atom is 0.116 e. The number of rotatable bonds is 4. The molecule has 40 heavy (non-hydrogen) atoms. The summed E-state index contributed by atoms with van der Waals surface area (Å²) in [5.41, 5.74) is 5.56. The maximum absolute atomic E-state index is 13.2. The quantitative estimate of drug-likeness (QED) is 0.182. The Morgan fingerprint density at radius 2 is 1.77 bits per heavy atom. The first-order valence-corrected chi connectivity index (χ1v) is 15.8. The van der Waals surface area contributed by atoms with Gasteiger partial charge in [0.05, 0.1) is 0 Å². The third kappa shape index (κ3) is 7.30. The van der Waals surface area contributed by atoms with Crippen molar-refractivity contribution in [3.8, 4) is 0 Å². The number of halogens is 3. The number of carbonyl (C=O) groups is 1. The number of allylic oxidation sites excluding steroid dienone is 4. The smallest absolute Gasteiger partial charge is 0.116 e. The summed E-state index contributed by atoms with van der Waals surface area (Å²) in [6.07, 6.45) is 5.66. The van der Waals surface area contributed by atoms with Crippen LogP contribution in [0.25, 0.3) is 0 Å². The van der Waals surface area contributed by atoms with Gasteiger partial charge in [0, 0.05) is 0 Å². The molecule has 2 aliphatic heterocycles. The van der Waals surface area contributed by atoms with Crippen LogP contribution in [0.2, 0.25) is 0 Å². The zero-order valence-electron chi connectivity index (χ0n) is 22.8. The van der Waals surface area contributed by atoms with Crippen LogP contribution in [0, 0.1) is 0 Å². The van der Waals surface area contributed by atoms with Gasteiger partial charge in [-0.05, 0) is 6.92 Å². The molecule has 8 heteroatoms. The number of alkyl halides is 3. The Hall–Kier alpha value is -3.19. The minimum absolute atomic E-state index is 0.0560. The number of anilines is 1. The molecular formula is C32H33F3HgN3O. The van der Waals surface area contributed by atoms with Gasteiger partial charge in [-0.3, -0.25) is 0 Å². The Labute approximate surface area is 250 Å². The molecule has 0 aromatic heterocycles. The number of benzene rings is 2. The molecule has 5 rings (SSSR count). The Kier molecular flexibility index (Phi) is 11.3. The van der Waals surface area contributed by atoms with E-state index in [0.717, 1.165) is 45.5 Å². The van der Waals surface area contributed by atoms with E-state index in [4.69, 9.17) is 9.79 Å². The Morgan fingerprint density at radius 3 is 2.40 bits per heavy atom. The second-order valence-electron chi connectivity index (χ2n) is 9.25. The maximum atomic E-state index is 13.2. The molecule has 1 aliphatic carbocycles. The third-order valence-electron chi connectivity index (χ3n) is 6.81. The van der Waals surface area contributed by atoms with Crippen molar-refractivity contribution < 1.29 is 44.1 Å². The Morgan fingerprint density at radius 1 is 1.07 bits per heavy atom. The van der Waals surface area contributed by atoms with Crippen LogP contribution in [0.1, 0.15) is 43.4 Å². The van der Waals surface area contributed by atoms with Gasteiger partial charge in [0.2, 0.25) is 0 Å². The van der Waals surface area contributed by atoms with Crippen molar-refractivity contribution >= 4 is 15.3 Å². The molecule has 2 aromatic rings. The molecular weight excluding hydrogens is 700 g/mol. The Balaban J connectivity index is 0.000000827. The minimum Gasteiger partial charge on any atom is -0.304 e. The predicted octanol–water partition coefficient (Wildman–Crippen LogP) is 7.93. The number of amidine groups is 1. The molecule has 0 amide bonds. The fourth-order valence-corrected chi connectivity index (χ4v) is 7.28. The van der Waals surface area contributed by atoms with Crippen molar-refractivity contribution in [3.63, 3.8) is 0 Å². The first-order chi connectivity index (χ1) is 19.2. The van der Waals surface area contributed by atoms with Crippen LogP contribution in [0.5, 0.6) is 0 Å². The van der Waals surface area contributed by atoms with Gasteiger partial charge in [-0.2, -0.15) is 0 Å². The summed E-state index contributed by atoms with van der Waals surface area (Å²) in [6.45, 7) is 13.1. The molecule has 1 unspecified atom stereocenters. The number of carbonyl (C=O) groups excluding carboxylic acids is 1. The van der Waals surface area contributed by atoms with Gasteiger partial charge in [-0.15, -0.1) is 13.2 Å². The van der Waals surface area contributed by atoms with Crippen LogP contribution in [-0.2, 0) is 37.1 Å². The normalized spacial score (nSPS) is 17.4. The molecule has 3 aliphatic rings. The first kappa shape index (κ1) is 31.3. The second-order valence-corrected chi connectivity index (χ2v) is 11.7. The fourth-order valence-electron chi connectivity index (χ4n) is 5.09. The van der Waals surface area contributed by atoms with Crippen molar-refractivity contribution in [2.45, 2.75) is 38.4 Å². The van der Waals surface area contributed by atoms with E-state index in [1.807, 2.05) is 11.0 Å². The average molecular weight is 733 g/mol. The molecule has 205 valence electrons. The van der Waals surface area contributed by atoms with Gasteiger partial charge in [-0.25, -0.2) is 0 Å². The predicted molar refractivity (Wildman–Crippen MR) is 152 cm³/mol. The second kappa shape index (κ2) is 14.4. The van der Waals surface area contributed by atoms with E-state index in [-0.39, 0.29) is 32.2 Å². The molecule has 0 bridgehead atoms. The summed E-state index contributed by atoms with van der Waals surface area (Å²) in [7, 11) is 0. The Bertz CT molecular complexity index is 1330. The van der Waals surface area contributed by atoms with Crippen LogP contribution in [-0.4, -0.2) is 27.6 Å². The van der Waals surface area contributed by atoms with E-state index in [1.54, 1.807) is 6.07 Å². The van der Waals surface area contributed by atoms with Crippen molar-refractivity contribution in [2.75, 3.05) is 18.0 Å². The van der Waals surface area contributed by atoms with Crippen LogP contribution in [0.15, 0.2) is 120 Å². The number of hydrogen-bond acceptors (Lipinski definition) is 4. The van der Waals surface area contributed by atoms with Crippen LogP contribution in [0.4, 0.5) is 18.9 Å². The molecule has 0 radical (unpaired) electrons. The summed E-state index contributed by atoms with van der Waals surface area (Å²) in [4.78, 5) is 18.2. The van der Waals surface area contributed by atoms with E-state index in [0.29, 0.717) is 25.2 Å². The van der Waals surface area contributed by atoms with Gasteiger partial charge in [0.15, 0.2) is 0 Å². The summed E-state index contributed by atoms with van der Waals surface area (Å²) in [5, 5.41) is 0. The molecule has 0 saturated heterocycles. The summed E-state index contributed by atoms with van der Waals surface area (Å²) in [6, 6.07) is 16.1. The molecule has 0 spiro atoms. The number of nitrogens with zero attached hydrogens (tertiary/aromatic N) is 3. The number of hydrogen-bond donors (Lipinski definition) is 0. The fraction of sp³-hybridized carbons (Fsp3) is 0.250. The molecule has 2 heterocycles. The van der Waals surface area contributed by atoms with Gasteiger partial charge < -0.3 is 4.79 Å². The van der Waals surface area contributed by atoms with Crippen LogP contribution >= 0.6 is 0 Å². The first-order valence-electron chi connectivity index (χ1n) is 13.1. The van der Waals surface area contributed by atoms with E-state index in [2.05, 4.69) is 67.1 Å².